The van der Waals surface area contributed by atoms with Crippen LogP contribution in [-0.2, 0) is 4.79 Å². The maximum atomic E-state index is 14.0. The third-order valence-corrected chi connectivity index (χ3v) is 8.02. The topological polar surface area (TPSA) is 63.5 Å². The van der Waals surface area contributed by atoms with Crippen LogP contribution >= 0.6 is 0 Å². The average molecular weight is 519 g/mol. The molecule has 1 N–H and O–H groups in total. The summed E-state index contributed by atoms with van der Waals surface area (Å²) in [6.07, 6.45) is 10.9. The van der Waals surface area contributed by atoms with Crippen LogP contribution in [-0.4, -0.2) is 77.4 Å². The van der Waals surface area contributed by atoms with Crippen molar-refractivity contribution in [1.29, 1.82) is 0 Å². The predicted molar refractivity (Wildman–Crippen MR) is 157 cm³/mol. The summed E-state index contributed by atoms with van der Waals surface area (Å²) < 4.78 is 0. The molecule has 206 valence electrons. The fourth-order valence-electron chi connectivity index (χ4n) is 5.88. The third kappa shape index (κ3) is 6.44. The normalized spacial score (nSPS) is 27.9. The van der Waals surface area contributed by atoms with Crippen LogP contribution in [0.15, 0.2) is 64.1 Å². The lowest BCUT2D eigenvalue weighted by atomic mass is 9.81. The minimum Gasteiger partial charge on any atom is -0.328 e. The van der Waals surface area contributed by atoms with Gasteiger partial charge in [-0.05, 0) is 50.0 Å². The van der Waals surface area contributed by atoms with Crippen molar-refractivity contribution in [3.63, 3.8) is 0 Å². The van der Waals surface area contributed by atoms with Gasteiger partial charge in [0.05, 0.1) is 19.8 Å². The lowest BCUT2D eigenvalue weighted by Gasteiger charge is -2.48. The number of carbonyl (C=O) groups is 1. The Hall–Kier alpha value is -2.77. The maximum Gasteiger partial charge on any atom is 0.263 e. The van der Waals surface area contributed by atoms with Crippen LogP contribution in [0.25, 0.3) is 0 Å². The lowest BCUT2D eigenvalue weighted by molar-refractivity contribution is -0.167. The largest absolute Gasteiger partial charge is 0.328 e. The molecule has 1 aliphatic carbocycles. The number of carbonyl (C=O) groups excluding carboxylic acids is 1. The Labute approximate surface area is 229 Å². The molecule has 3 aliphatic heterocycles. The molecule has 0 spiro atoms. The standard InChI is InChI=1S/C29H40N6O.C2H6/c1-4-5-9-24-18-30-26-19-34-17-16-33(20-35(34)29(36)27(21(2)3)32-28(24)31-26)25-14-12-23(13-15-25)22-10-7-6-8-11-22;1-2/h4-11,21,23,25,27H,12-20H2,1-3H3,(H,30,31,32);1-2H3/b5-4-,24-9+;. The molecular formula is C31H46N6O. The third-order valence-electron chi connectivity index (χ3n) is 8.02. The summed E-state index contributed by atoms with van der Waals surface area (Å²) in [6, 6.07) is 11.0. The van der Waals surface area contributed by atoms with Gasteiger partial charge in [-0.25, -0.2) is 5.01 Å². The molecule has 7 nitrogen and oxygen atoms in total. The van der Waals surface area contributed by atoms with Gasteiger partial charge in [0.1, 0.15) is 17.7 Å². The van der Waals surface area contributed by atoms with E-state index >= 15 is 0 Å². The van der Waals surface area contributed by atoms with Gasteiger partial charge >= 0.3 is 0 Å². The molecule has 1 saturated carbocycles. The number of fused-ring (bicyclic) bond motifs is 3. The highest BCUT2D eigenvalue weighted by atomic mass is 16.2. The Bertz CT molecular complexity index is 1050. The van der Waals surface area contributed by atoms with E-state index < -0.39 is 6.04 Å². The fraction of sp³-hybridized carbons (Fsp3) is 0.581. The number of hydrazine groups is 1. The predicted octanol–water partition coefficient (Wildman–Crippen LogP) is 5.00. The van der Waals surface area contributed by atoms with Gasteiger partial charge in [0.25, 0.3) is 5.91 Å². The van der Waals surface area contributed by atoms with Gasteiger partial charge in [-0.2, -0.15) is 0 Å². The van der Waals surface area contributed by atoms with Crippen molar-refractivity contribution in [3.8, 4) is 0 Å². The highest BCUT2D eigenvalue weighted by Crippen LogP contribution is 2.35. The Morgan fingerprint density at radius 2 is 1.79 bits per heavy atom. The maximum absolute atomic E-state index is 14.0. The van der Waals surface area contributed by atoms with Crippen LogP contribution in [0.1, 0.15) is 71.8 Å². The second-order valence-electron chi connectivity index (χ2n) is 10.8. The number of amides is 1. The number of allylic oxidation sites excluding steroid dienone is 3. The van der Waals surface area contributed by atoms with Gasteiger partial charge in [-0.15, -0.1) is 0 Å². The fourth-order valence-corrected chi connectivity index (χ4v) is 5.88. The number of hydrogen-bond donors (Lipinski definition) is 1. The number of hydrogen-bond acceptors (Lipinski definition) is 6. The molecule has 3 heterocycles. The average Bonchev–Trinajstić information content (AvgIpc) is 3.00. The number of nitrogens with one attached hydrogen (secondary N) is 1. The van der Waals surface area contributed by atoms with E-state index in [4.69, 9.17) is 9.98 Å². The zero-order valence-corrected chi connectivity index (χ0v) is 23.9. The van der Waals surface area contributed by atoms with E-state index in [1.807, 2.05) is 44.0 Å². The number of aliphatic imine (C=N–C) groups is 2. The highest BCUT2D eigenvalue weighted by Gasteiger charge is 2.39. The van der Waals surface area contributed by atoms with Crippen LogP contribution in [0.4, 0.5) is 0 Å². The first kappa shape index (κ1) is 28.2. The van der Waals surface area contributed by atoms with Crippen molar-refractivity contribution in [2.24, 2.45) is 15.9 Å². The van der Waals surface area contributed by atoms with E-state index in [1.54, 1.807) is 0 Å². The van der Waals surface area contributed by atoms with Gasteiger partial charge in [-0.1, -0.05) is 76.3 Å². The summed E-state index contributed by atoms with van der Waals surface area (Å²) in [5.74, 6) is 2.55. The van der Waals surface area contributed by atoms with Gasteiger partial charge in [0.2, 0.25) is 0 Å². The van der Waals surface area contributed by atoms with Crippen LogP contribution in [0.2, 0.25) is 0 Å². The smallest absolute Gasteiger partial charge is 0.263 e. The molecule has 0 aromatic heterocycles. The molecule has 1 atom stereocenters. The van der Waals surface area contributed by atoms with E-state index in [2.05, 4.69) is 59.4 Å². The molecule has 38 heavy (non-hydrogen) atoms. The minimum atomic E-state index is -0.421. The Kier molecular flexibility index (Phi) is 9.91. The first-order chi connectivity index (χ1) is 18.5. The summed E-state index contributed by atoms with van der Waals surface area (Å²) in [4.78, 5) is 26.3. The van der Waals surface area contributed by atoms with Crippen molar-refractivity contribution in [3.05, 3.63) is 59.7 Å². The number of nitrogens with zero attached hydrogens (tertiary/aromatic N) is 5. The second kappa shape index (κ2) is 13.3. The molecule has 1 saturated heterocycles. The van der Waals surface area contributed by atoms with Crippen LogP contribution in [0.5, 0.6) is 0 Å². The Balaban J connectivity index is 0.00000164. The van der Waals surface area contributed by atoms with Crippen molar-refractivity contribution < 1.29 is 4.79 Å². The Morgan fingerprint density at radius 3 is 2.47 bits per heavy atom. The molecule has 7 heteroatoms. The van der Waals surface area contributed by atoms with Crippen molar-refractivity contribution in [1.82, 2.24) is 20.2 Å². The van der Waals surface area contributed by atoms with Crippen LogP contribution in [0.3, 0.4) is 0 Å². The first-order valence-electron chi connectivity index (χ1n) is 14.6. The number of rotatable bonds is 4. The molecule has 1 amide bonds. The quantitative estimate of drug-likeness (QED) is 0.609. The molecule has 1 aromatic rings. The van der Waals surface area contributed by atoms with Crippen molar-refractivity contribution in [2.75, 3.05) is 32.8 Å². The van der Waals surface area contributed by atoms with E-state index in [-0.39, 0.29) is 11.8 Å². The number of benzene rings is 1. The van der Waals surface area contributed by atoms with Gasteiger partial charge in [0, 0.05) is 24.7 Å². The minimum absolute atomic E-state index is 0.0977. The first-order valence-corrected chi connectivity index (χ1v) is 14.6. The van der Waals surface area contributed by atoms with E-state index in [0.29, 0.717) is 31.7 Å². The zero-order chi connectivity index (χ0) is 27.1. The van der Waals surface area contributed by atoms with Crippen molar-refractivity contribution in [2.45, 2.75) is 78.3 Å². The summed E-state index contributed by atoms with van der Waals surface area (Å²) in [7, 11) is 0. The molecule has 0 radical (unpaired) electrons. The summed E-state index contributed by atoms with van der Waals surface area (Å²) in [5.41, 5.74) is 2.50. The summed E-state index contributed by atoms with van der Waals surface area (Å²) in [5, 5.41) is 7.61. The van der Waals surface area contributed by atoms with Gasteiger partial charge in [0.15, 0.2) is 0 Å². The molecule has 2 fully saturated rings. The van der Waals surface area contributed by atoms with Crippen LogP contribution < -0.4 is 5.32 Å². The molecule has 5 rings (SSSR count). The molecular weight excluding hydrogens is 472 g/mol. The Morgan fingerprint density at radius 1 is 1.05 bits per heavy atom. The molecule has 4 aliphatic rings. The number of amidine groups is 2. The summed E-state index contributed by atoms with van der Waals surface area (Å²) in [6.45, 7) is 13.8. The SMILES string of the molecule is C/C=C\C=C1/CN=C2CN3CCN(C4CCC(c5ccccc5)CC4)CN3C(=O)C(C(C)C)N=C1N2.CC. The van der Waals surface area contributed by atoms with E-state index in [0.717, 1.165) is 30.3 Å². The molecule has 1 aromatic carbocycles. The lowest BCUT2D eigenvalue weighted by Crippen LogP contribution is -2.63. The molecule has 2 bridgehead atoms. The van der Waals surface area contributed by atoms with Crippen LogP contribution in [0, 0.1) is 5.92 Å². The molecule has 1 unspecified atom stereocenters. The second-order valence-corrected chi connectivity index (χ2v) is 10.8. The monoisotopic (exact) mass is 518 g/mol. The zero-order valence-electron chi connectivity index (χ0n) is 23.9. The summed E-state index contributed by atoms with van der Waals surface area (Å²) >= 11 is 0. The van der Waals surface area contributed by atoms with Gasteiger partial charge < -0.3 is 5.32 Å². The van der Waals surface area contributed by atoms with Gasteiger partial charge in [-0.3, -0.25) is 24.7 Å². The van der Waals surface area contributed by atoms with E-state index in [9.17, 15) is 4.79 Å². The van der Waals surface area contributed by atoms with E-state index in [1.165, 1.54) is 31.2 Å². The van der Waals surface area contributed by atoms with Crippen molar-refractivity contribution >= 4 is 17.6 Å². The highest BCUT2D eigenvalue weighted by molar-refractivity contribution is 6.13.